The lowest BCUT2D eigenvalue weighted by Crippen LogP contribution is -2.49. The van der Waals surface area contributed by atoms with Gasteiger partial charge in [0.05, 0.1) is 17.4 Å². The summed E-state index contributed by atoms with van der Waals surface area (Å²) in [6.07, 6.45) is 1.08. The van der Waals surface area contributed by atoms with Crippen molar-refractivity contribution in [3.8, 4) is 5.75 Å². The fourth-order valence-electron chi connectivity index (χ4n) is 3.68. The number of amides is 2. The van der Waals surface area contributed by atoms with Crippen LogP contribution in [0.3, 0.4) is 0 Å². The summed E-state index contributed by atoms with van der Waals surface area (Å²) in [6.45, 7) is 1.62. The molecule has 2 heterocycles. The maximum atomic E-state index is 13.3. The smallest absolute Gasteiger partial charge is 0.268 e. The molecule has 30 heavy (non-hydrogen) atoms. The van der Waals surface area contributed by atoms with Crippen molar-refractivity contribution < 1.29 is 14.3 Å². The zero-order valence-corrected chi connectivity index (χ0v) is 16.9. The van der Waals surface area contributed by atoms with Gasteiger partial charge in [-0.1, -0.05) is 48.5 Å². The summed E-state index contributed by atoms with van der Waals surface area (Å²) in [6, 6.07) is 22.3. The van der Waals surface area contributed by atoms with Gasteiger partial charge in [0.25, 0.3) is 5.91 Å². The molecule has 2 aromatic carbocycles. The van der Waals surface area contributed by atoms with Crippen molar-refractivity contribution in [2.24, 2.45) is 0 Å². The summed E-state index contributed by atoms with van der Waals surface area (Å²) in [5, 5.41) is 0. The van der Waals surface area contributed by atoms with Crippen molar-refractivity contribution in [2.75, 3.05) is 18.5 Å². The normalized spacial score (nSPS) is 16.4. The van der Waals surface area contributed by atoms with Gasteiger partial charge in [0.2, 0.25) is 5.91 Å². The molecule has 0 spiro atoms. The number of pyridine rings is 1. The largest absolute Gasteiger partial charge is 0.479 e. The van der Waals surface area contributed by atoms with E-state index in [2.05, 4.69) is 4.98 Å². The highest BCUT2D eigenvalue weighted by Crippen LogP contribution is 2.34. The van der Waals surface area contributed by atoms with Crippen LogP contribution in [0.25, 0.3) is 0 Å². The highest BCUT2D eigenvalue weighted by Gasteiger charge is 2.34. The van der Waals surface area contributed by atoms with Crippen LogP contribution in [-0.4, -0.2) is 41.4 Å². The number of aromatic nitrogens is 1. The van der Waals surface area contributed by atoms with E-state index >= 15 is 0 Å². The molecular formula is C24H23N3O3. The number of hydrogen-bond donors (Lipinski definition) is 0. The SMILES string of the molecule is C[C@@H]1Oc2ccccc2N(CC(=O)N(C)[C@@H](c2ccccc2)c2ccccn2)C1=O. The van der Waals surface area contributed by atoms with Crippen LogP contribution >= 0.6 is 0 Å². The van der Waals surface area contributed by atoms with Gasteiger partial charge in [-0.15, -0.1) is 0 Å². The number of anilines is 1. The number of ether oxygens (including phenoxy) is 1. The second-order valence-electron chi connectivity index (χ2n) is 7.22. The second kappa shape index (κ2) is 8.37. The Morgan fingerprint density at radius 2 is 1.77 bits per heavy atom. The van der Waals surface area contributed by atoms with E-state index in [1.54, 1.807) is 37.2 Å². The Morgan fingerprint density at radius 3 is 2.50 bits per heavy atom. The third-order valence-electron chi connectivity index (χ3n) is 5.23. The van der Waals surface area contributed by atoms with E-state index in [9.17, 15) is 9.59 Å². The summed E-state index contributed by atoms with van der Waals surface area (Å²) in [5.74, 6) is 0.181. The molecule has 152 valence electrons. The lowest BCUT2D eigenvalue weighted by Gasteiger charge is -2.35. The van der Waals surface area contributed by atoms with Gasteiger partial charge >= 0.3 is 0 Å². The van der Waals surface area contributed by atoms with E-state index < -0.39 is 6.10 Å². The molecule has 0 aliphatic carbocycles. The van der Waals surface area contributed by atoms with E-state index in [0.29, 0.717) is 11.4 Å². The van der Waals surface area contributed by atoms with Crippen molar-refractivity contribution in [3.05, 3.63) is 90.3 Å². The topological polar surface area (TPSA) is 62.7 Å². The Hall–Kier alpha value is -3.67. The molecule has 0 N–H and O–H groups in total. The summed E-state index contributed by atoms with van der Waals surface area (Å²) in [4.78, 5) is 33.7. The summed E-state index contributed by atoms with van der Waals surface area (Å²) in [5.41, 5.74) is 2.33. The standard InChI is InChI=1S/C24H23N3O3/c1-17-24(29)27(20-13-6-7-14-21(20)30-17)16-22(28)26(2)23(18-10-4-3-5-11-18)19-12-8-9-15-25-19/h3-15,17,23H,16H2,1-2H3/t17-,23-/m0/s1. The summed E-state index contributed by atoms with van der Waals surface area (Å²) < 4.78 is 5.68. The number of fused-ring (bicyclic) bond motifs is 1. The molecule has 0 unspecified atom stereocenters. The fraction of sp³-hybridized carbons (Fsp3) is 0.208. The molecule has 0 bridgehead atoms. The van der Waals surface area contributed by atoms with Gasteiger partial charge in [-0.25, -0.2) is 0 Å². The number of nitrogens with zero attached hydrogens (tertiary/aromatic N) is 3. The first-order valence-corrected chi connectivity index (χ1v) is 9.85. The maximum absolute atomic E-state index is 13.3. The van der Waals surface area contributed by atoms with Gasteiger partial charge in [0, 0.05) is 13.2 Å². The molecule has 0 saturated carbocycles. The van der Waals surface area contributed by atoms with E-state index in [0.717, 1.165) is 11.3 Å². The van der Waals surface area contributed by atoms with Crippen LogP contribution in [0.1, 0.15) is 24.2 Å². The monoisotopic (exact) mass is 401 g/mol. The van der Waals surface area contributed by atoms with Crippen LogP contribution in [0.5, 0.6) is 5.75 Å². The molecule has 1 aliphatic heterocycles. The molecule has 0 radical (unpaired) electrons. The van der Waals surface area contributed by atoms with E-state index in [-0.39, 0.29) is 24.4 Å². The summed E-state index contributed by atoms with van der Waals surface area (Å²) in [7, 11) is 1.74. The van der Waals surface area contributed by atoms with Crippen LogP contribution in [0, 0.1) is 0 Å². The van der Waals surface area contributed by atoms with E-state index in [1.807, 2.05) is 60.7 Å². The Morgan fingerprint density at radius 1 is 1.07 bits per heavy atom. The van der Waals surface area contributed by atoms with Crippen molar-refractivity contribution in [2.45, 2.75) is 19.1 Å². The Balaban J connectivity index is 1.64. The average Bonchev–Trinajstić information content (AvgIpc) is 2.78. The first-order chi connectivity index (χ1) is 14.6. The van der Waals surface area contributed by atoms with Crippen molar-refractivity contribution in [1.82, 2.24) is 9.88 Å². The lowest BCUT2D eigenvalue weighted by molar-refractivity contribution is -0.133. The van der Waals surface area contributed by atoms with Crippen molar-refractivity contribution in [3.63, 3.8) is 0 Å². The lowest BCUT2D eigenvalue weighted by atomic mass is 10.0. The quantitative estimate of drug-likeness (QED) is 0.657. The van der Waals surface area contributed by atoms with Gasteiger partial charge in [-0.05, 0) is 36.8 Å². The predicted octanol–water partition coefficient (Wildman–Crippen LogP) is 3.44. The maximum Gasteiger partial charge on any atom is 0.268 e. The predicted molar refractivity (Wildman–Crippen MR) is 114 cm³/mol. The number of likely N-dealkylation sites (N-methyl/N-ethyl adjacent to an activating group) is 1. The zero-order valence-electron chi connectivity index (χ0n) is 16.9. The number of benzene rings is 2. The van der Waals surface area contributed by atoms with Gasteiger partial charge in [-0.3, -0.25) is 19.5 Å². The van der Waals surface area contributed by atoms with E-state index in [4.69, 9.17) is 4.74 Å². The number of rotatable bonds is 5. The minimum absolute atomic E-state index is 0.0732. The van der Waals surface area contributed by atoms with E-state index in [1.165, 1.54) is 4.90 Å². The third-order valence-corrected chi connectivity index (χ3v) is 5.23. The van der Waals surface area contributed by atoms with Crippen molar-refractivity contribution >= 4 is 17.5 Å². The second-order valence-corrected chi connectivity index (χ2v) is 7.22. The molecule has 6 heteroatoms. The minimum Gasteiger partial charge on any atom is -0.479 e. The Bertz CT molecular complexity index is 1000. The van der Waals surface area contributed by atoms with Crippen LogP contribution < -0.4 is 9.64 Å². The minimum atomic E-state index is -0.640. The number of hydrogen-bond acceptors (Lipinski definition) is 4. The molecule has 1 aromatic heterocycles. The summed E-state index contributed by atoms with van der Waals surface area (Å²) >= 11 is 0. The number of carbonyl (C=O) groups excluding carboxylic acids is 2. The molecular weight excluding hydrogens is 378 g/mol. The highest BCUT2D eigenvalue weighted by molar-refractivity contribution is 6.03. The average molecular weight is 401 g/mol. The number of para-hydroxylation sites is 2. The molecule has 3 aromatic rings. The van der Waals surface area contributed by atoms with Gasteiger partial charge < -0.3 is 9.64 Å². The highest BCUT2D eigenvalue weighted by atomic mass is 16.5. The Labute approximate surface area is 175 Å². The first-order valence-electron chi connectivity index (χ1n) is 9.85. The van der Waals surface area contributed by atoms with Crippen LogP contribution in [0.4, 0.5) is 5.69 Å². The van der Waals surface area contributed by atoms with Crippen molar-refractivity contribution in [1.29, 1.82) is 0 Å². The molecule has 4 rings (SSSR count). The van der Waals surface area contributed by atoms with Gasteiger partial charge in [0.15, 0.2) is 6.10 Å². The number of carbonyl (C=O) groups is 2. The van der Waals surface area contributed by atoms with Crippen LogP contribution in [0.2, 0.25) is 0 Å². The third kappa shape index (κ3) is 3.76. The zero-order chi connectivity index (χ0) is 21.1. The Kier molecular flexibility index (Phi) is 5.48. The van der Waals surface area contributed by atoms with Gasteiger partial charge in [0.1, 0.15) is 12.3 Å². The molecule has 0 saturated heterocycles. The van der Waals surface area contributed by atoms with Crippen LogP contribution in [0.15, 0.2) is 79.0 Å². The molecule has 0 fully saturated rings. The molecule has 2 atom stereocenters. The fourth-order valence-corrected chi connectivity index (χ4v) is 3.68. The first kappa shape index (κ1) is 19.6. The molecule has 2 amide bonds. The molecule has 6 nitrogen and oxygen atoms in total. The van der Waals surface area contributed by atoms with Crippen LogP contribution in [-0.2, 0) is 9.59 Å². The van der Waals surface area contributed by atoms with Gasteiger partial charge in [-0.2, -0.15) is 0 Å². The molecule has 1 aliphatic rings.